The van der Waals surface area contributed by atoms with Crippen molar-refractivity contribution in [3.8, 4) is 0 Å². The molecule has 1 aliphatic heterocycles. The lowest BCUT2D eigenvalue weighted by atomic mass is 9.65. The summed E-state index contributed by atoms with van der Waals surface area (Å²) in [6, 6.07) is 0.367. The first kappa shape index (κ1) is 14.4. The third-order valence-electron chi connectivity index (χ3n) is 4.52. The molecule has 1 N–H and O–H groups in total. The van der Waals surface area contributed by atoms with Crippen LogP contribution in [0.3, 0.4) is 0 Å². The summed E-state index contributed by atoms with van der Waals surface area (Å²) in [4.78, 5) is 24.8. The molecule has 1 amide bonds. The summed E-state index contributed by atoms with van der Waals surface area (Å²) >= 11 is 0. The van der Waals surface area contributed by atoms with Gasteiger partial charge >= 0.3 is 5.97 Å². The molecule has 0 aromatic carbocycles. The molecule has 1 aliphatic carbocycles. The van der Waals surface area contributed by atoms with Gasteiger partial charge in [-0.25, -0.2) is 0 Å². The predicted octanol–water partition coefficient (Wildman–Crippen LogP) is 2.67. The van der Waals surface area contributed by atoms with Crippen molar-refractivity contribution in [3.63, 3.8) is 0 Å². The van der Waals surface area contributed by atoms with Crippen LogP contribution < -0.4 is 0 Å². The van der Waals surface area contributed by atoms with E-state index in [4.69, 9.17) is 5.11 Å². The van der Waals surface area contributed by atoms with Crippen LogP contribution in [0, 0.1) is 10.8 Å². The highest BCUT2D eigenvalue weighted by atomic mass is 16.4. The van der Waals surface area contributed by atoms with E-state index in [0.717, 1.165) is 19.4 Å². The maximum absolute atomic E-state index is 12.3. The van der Waals surface area contributed by atoms with Crippen molar-refractivity contribution < 1.29 is 14.7 Å². The summed E-state index contributed by atoms with van der Waals surface area (Å²) < 4.78 is 0. The summed E-state index contributed by atoms with van der Waals surface area (Å²) in [6.07, 6.45) is 4.29. The Labute approximate surface area is 115 Å². The van der Waals surface area contributed by atoms with E-state index < -0.39 is 5.97 Å². The van der Waals surface area contributed by atoms with Crippen LogP contribution in [-0.4, -0.2) is 34.5 Å². The average molecular weight is 267 g/mol. The molecule has 4 nitrogen and oxygen atoms in total. The number of carboxylic acid groups (broad SMARTS) is 1. The number of fused-ring (bicyclic) bond motifs is 2. The fraction of sp³-hybridized carbons (Fsp3) is 0.867. The Balaban J connectivity index is 1.95. The summed E-state index contributed by atoms with van der Waals surface area (Å²) in [5.74, 6) is -0.672. The molecular weight excluding hydrogens is 242 g/mol. The average Bonchev–Trinajstić information content (AvgIpc) is 2.47. The van der Waals surface area contributed by atoms with E-state index in [1.165, 1.54) is 6.42 Å². The van der Waals surface area contributed by atoms with Gasteiger partial charge in [0.2, 0.25) is 5.91 Å². The molecule has 2 atom stereocenters. The monoisotopic (exact) mass is 267 g/mol. The van der Waals surface area contributed by atoms with Crippen molar-refractivity contribution in [1.82, 2.24) is 4.90 Å². The zero-order chi connectivity index (χ0) is 14.3. The number of aliphatic carboxylic acids is 1. The van der Waals surface area contributed by atoms with Crippen molar-refractivity contribution in [1.29, 1.82) is 0 Å². The number of carbonyl (C=O) groups is 2. The van der Waals surface area contributed by atoms with Gasteiger partial charge in [-0.05, 0) is 36.5 Å². The predicted molar refractivity (Wildman–Crippen MR) is 72.7 cm³/mol. The van der Waals surface area contributed by atoms with Crippen LogP contribution in [0.5, 0.6) is 0 Å². The summed E-state index contributed by atoms with van der Waals surface area (Å²) in [7, 11) is 0. The molecule has 2 bridgehead atoms. The second-order valence-corrected chi connectivity index (χ2v) is 7.48. The van der Waals surface area contributed by atoms with Gasteiger partial charge in [-0.1, -0.05) is 20.8 Å². The lowest BCUT2D eigenvalue weighted by molar-refractivity contribution is -0.137. The number of likely N-dealkylation sites (tertiary alicyclic amines) is 1. The number of carbonyl (C=O) groups excluding carboxylic acids is 1. The molecular formula is C15H25NO3. The summed E-state index contributed by atoms with van der Waals surface area (Å²) in [5.41, 5.74) is 0.572. The van der Waals surface area contributed by atoms with Gasteiger partial charge in [0.05, 0.1) is 0 Å². The van der Waals surface area contributed by atoms with E-state index >= 15 is 0 Å². The Hall–Kier alpha value is -1.06. The molecule has 2 aliphatic rings. The van der Waals surface area contributed by atoms with Gasteiger partial charge < -0.3 is 10.0 Å². The Bertz CT molecular complexity index is 391. The van der Waals surface area contributed by atoms with Crippen LogP contribution in [0.2, 0.25) is 0 Å². The molecule has 0 unspecified atom stereocenters. The van der Waals surface area contributed by atoms with Crippen molar-refractivity contribution in [2.24, 2.45) is 10.8 Å². The molecule has 19 heavy (non-hydrogen) atoms. The van der Waals surface area contributed by atoms with Crippen molar-refractivity contribution in [2.75, 3.05) is 6.54 Å². The molecule has 2 fully saturated rings. The van der Waals surface area contributed by atoms with E-state index in [1.54, 1.807) is 0 Å². The number of rotatable bonds is 4. The zero-order valence-corrected chi connectivity index (χ0v) is 12.2. The number of hydrogen-bond acceptors (Lipinski definition) is 2. The summed E-state index contributed by atoms with van der Waals surface area (Å²) in [6.45, 7) is 7.71. The first-order valence-electron chi connectivity index (χ1n) is 7.22. The highest BCUT2D eigenvalue weighted by Crippen LogP contribution is 2.52. The SMILES string of the molecule is CC1(C)C[C@H]2C[C@@](C)(CN2C(=O)CCCC(=O)O)C1. The molecule has 4 heteroatoms. The van der Waals surface area contributed by atoms with E-state index in [-0.39, 0.29) is 17.7 Å². The van der Waals surface area contributed by atoms with E-state index in [2.05, 4.69) is 20.8 Å². The first-order valence-corrected chi connectivity index (χ1v) is 7.22. The molecule has 0 radical (unpaired) electrons. The smallest absolute Gasteiger partial charge is 0.303 e. The summed E-state index contributed by atoms with van der Waals surface area (Å²) in [5, 5.41) is 8.63. The van der Waals surface area contributed by atoms with Gasteiger partial charge in [0.25, 0.3) is 0 Å². The number of amides is 1. The van der Waals surface area contributed by atoms with Crippen LogP contribution in [0.15, 0.2) is 0 Å². The van der Waals surface area contributed by atoms with Gasteiger partial charge in [-0.3, -0.25) is 9.59 Å². The number of nitrogens with zero attached hydrogens (tertiary/aromatic N) is 1. The molecule has 1 saturated heterocycles. The number of carboxylic acids is 1. The third-order valence-corrected chi connectivity index (χ3v) is 4.52. The van der Waals surface area contributed by atoms with E-state index in [1.807, 2.05) is 4.90 Å². The zero-order valence-electron chi connectivity index (χ0n) is 12.2. The van der Waals surface area contributed by atoms with Crippen LogP contribution in [0.4, 0.5) is 0 Å². The minimum absolute atomic E-state index is 0.0903. The minimum Gasteiger partial charge on any atom is -0.481 e. The largest absolute Gasteiger partial charge is 0.481 e. The second-order valence-electron chi connectivity index (χ2n) is 7.48. The van der Waals surface area contributed by atoms with Gasteiger partial charge in [-0.15, -0.1) is 0 Å². The highest BCUT2D eigenvalue weighted by Gasteiger charge is 2.50. The standard InChI is InChI=1S/C15H25NO3/c1-14(2)7-11-8-15(3,9-14)10-16(11)12(17)5-4-6-13(18)19/h11H,4-10H2,1-3H3,(H,18,19)/t11-,15+/m0/s1. The third kappa shape index (κ3) is 3.28. The van der Waals surface area contributed by atoms with Gasteiger partial charge in [0.1, 0.15) is 0 Å². The fourth-order valence-corrected chi connectivity index (χ4v) is 4.29. The molecule has 0 spiro atoms. The van der Waals surface area contributed by atoms with Gasteiger partial charge in [0.15, 0.2) is 0 Å². The van der Waals surface area contributed by atoms with Crippen LogP contribution in [-0.2, 0) is 9.59 Å². The first-order chi connectivity index (χ1) is 8.71. The Kier molecular flexibility index (Phi) is 3.63. The lowest BCUT2D eigenvalue weighted by Crippen LogP contribution is -2.37. The Morgan fingerprint density at radius 1 is 1.21 bits per heavy atom. The Morgan fingerprint density at radius 2 is 1.89 bits per heavy atom. The van der Waals surface area contributed by atoms with Crippen LogP contribution in [0.1, 0.15) is 59.3 Å². The van der Waals surface area contributed by atoms with Crippen molar-refractivity contribution >= 4 is 11.9 Å². The van der Waals surface area contributed by atoms with Gasteiger partial charge in [-0.2, -0.15) is 0 Å². The van der Waals surface area contributed by atoms with E-state index in [0.29, 0.717) is 24.3 Å². The fourth-order valence-electron chi connectivity index (χ4n) is 4.29. The molecule has 108 valence electrons. The Morgan fingerprint density at radius 3 is 2.53 bits per heavy atom. The highest BCUT2D eigenvalue weighted by molar-refractivity contribution is 5.77. The molecule has 1 saturated carbocycles. The minimum atomic E-state index is -0.818. The van der Waals surface area contributed by atoms with Gasteiger partial charge in [0, 0.05) is 25.4 Å². The maximum atomic E-state index is 12.3. The van der Waals surface area contributed by atoms with Crippen molar-refractivity contribution in [2.45, 2.75) is 65.3 Å². The lowest BCUT2D eigenvalue weighted by Gasteiger charge is -2.39. The molecule has 2 rings (SSSR count). The van der Waals surface area contributed by atoms with Crippen molar-refractivity contribution in [3.05, 3.63) is 0 Å². The normalized spacial score (nSPS) is 32.4. The van der Waals surface area contributed by atoms with Crippen LogP contribution in [0.25, 0.3) is 0 Å². The molecule has 0 aromatic heterocycles. The van der Waals surface area contributed by atoms with E-state index in [9.17, 15) is 9.59 Å². The van der Waals surface area contributed by atoms with Crippen LogP contribution >= 0.6 is 0 Å². The molecule has 0 aromatic rings. The molecule has 1 heterocycles. The quantitative estimate of drug-likeness (QED) is 0.852. The maximum Gasteiger partial charge on any atom is 0.303 e. The topological polar surface area (TPSA) is 57.6 Å². The number of hydrogen-bond donors (Lipinski definition) is 1. The second kappa shape index (κ2) is 4.80.